The number of rotatable bonds is 11. The van der Waals surface area contributed by atoms with Crippen molar-refractivity contribution in [1.29, 1.82) is 0 Å². The fourth-order valence-corrected chi connectivity index (χ4v) is 3.44. The zero-order valence-corrected chi connectivity index (χ0v) is 19.0. The first-order chi connectivity index (χ1) is 16.4. The molecule has 2 aromatic rings. The van der Waals surface area contributed by atoms with Crippen LogP contribution in [0.4, 0.5) is 0 Å². The van der Waals surface area contributed by atoms with E-state index in [9.17, 15) is 24.9 Å². The van der Waals surface area contributed by atoms with Crippen LogP contribution in [0.1, 0.15) is 35.7 Å². The minimum absolute atomic E-state index is 0.0303. The van der Waals surface area contributed by atoms with Crippen molar-refractivity contribution in [3.8, 4) is 17.2 Å². The van der Waals surface area contributed by atoms with Crippen LogP contribution in [0.5, 0.6) is 17.2 Å². The second-order valence-corrected chi connectivity index (χ2v) is 7.90. The summed E-state index contributed by atoms with van der Waals surface area (Å²) < 4.78 is 5.66. The number of aromatic hydroxyl groups is 3. The van der Waals surface area contributed by atoms with E-state index in [-0.39, 0.29) is 28.9 Å². The van der Waals surface area contributed by atoms with Gasteiger partial charge in [0, 0.05) is 13.1 Å². The number of nitrogens with zero attached hydrogens (tertiary/aromatic N) is 1. The van der Waals surface area contributed by atoms with Crippen molar-refractivity contribution in [2.24, 2.45) is 4.99 Å². The summed E-state index contributed by atoms with van der Waals surface area (Å²) >= 11 is 0. The minimum atomic E-state index is -0.669. The van der Waals surface area contributed by atoms with E-state index in [1.54, 1.807) is 31.2 Å². The van der Waals surface area contributed by atoms with Gasteiger partial charge in [-0.2, -0.15) is 0 Å². The maximum Gasteiger partial charge on any atom is 0.255 e. The smallest absolute Gasteiger partial charge is 0.255 e. The summed E-state index contributed by atoms with van der Waals surface area (Å²) in [5.41, 5.74) is 0.492. The van der Waals surface area contributed by atoms with Gasteiger partial charge in [-0.1, -0.05) is 18.2 Å². The van der Waals surface area contributed by atoms with E-state index in [1.165, 1.54) is 18.2 Å². The Morgan fingerprint density at radius 2 is 1.59 bits per heavy atom. The molecule has 0 saturated heterocycles. The van der Waals surface area contributed by atoms with Crippen LogP contribution >= 0.6 is 0 Å². The number of aliphatic imine (C=N–C) groups is 1. The van der Waals surface area contributed by atoms with Gasteiger partial charge in [0.1, 0.15) is 11.9 Å². The van der Waals surface area contributed by atoms with Crippen molar-refractivity contribution < 1.29 is 29.6 Å². The van der Waals surface area contributed by atoms with Gasteiger partial charge in [0.25, 0.3) is 5.91 Å². The van der Waals surface area contributed by atoms with Gasteiger partial charge in [0.15, 0.2) is 17.5 Å². The molecule has 3 rings (SSSR count). The van der Waals surface area contributed by atoms with Crippen molar-refractivity contribution in [3.63, 3.8) is 0 Å². The molecule has 2 unspecified atom stereocenters. The lowest BCUT2D eigenvalue weighted by Gasteiger charge is -2.13. The average molecular weight is 471 g/mol. The van der Waals surface area contributed by atoms with Crippen molar-refractivity contribution in [2.75, 3.05) is 26.2 Å². The molecule has 1 aliphatic heterocycles. The van der Waals surface area contributed by atoms with Gasteiger partial charge >= 0.3 is 0 Å². The maximum atomic E-state index is 12.5. The van der Waals surface area contributed by atoms with Crippen LogP contribution in [0.25, 0.3) is 0 Å². The number of para-hydroxylation sites is 2. The number of amides is 2. The third-order valence-corrected chi connectivity index (χ3v) is 5.31. The largest absolute Gasteiger partial charge is 0.507 e. The van der Waals surface area contributed by atoms with Crippen LogP contribution in [-0.4, -0.2) is 71.4 Å². The molecule has 10 heteroatoms. The lowest BCUT2D eigenvalue weighted by molar-refractivity contribution is -0.123. The first kappa shape index (κ1) is 24.8. The van der Waals surface area contributed by atoms with E-state index in [1.807, 2.05) is 0 Å². The average Bonchev–Trinajstić information content (AvgIpc) is 3.21. The Hall–Kier alpha value is -3.79. The Balaban J connectivity index is 1.28. The topological polar surface area (TPSA) is 153 Å². The highest BCUT2D eigenvalue weighted by atomic mass is 16.5. The Morgan fingerprint density at radius 3 is 2.32 bits per heavy atom. The molecule has 2 amide bonds. The fraction of sp³-hybridized carbons (Fsp3) is 0.375. The Morgan fingerprint density at radius 1 is 0.912 bits per heavy atom. The van der Waals surface area contributed by atoms with Gasteiger partial charge in [-0.15, -0.1) is 0 Å². The van der Waals surface area contributed by atoms with Gasteiger partial charge in [0.2, 0.25) is 11.8 Å². The number of benzene rings is 2. The molecule has 6 N–H and O–H groups in total. The van der Waals surface area contributed by atoms with Crippen molar-refractivity contribution in [3.05, 3.63) is 53.6 Å². The predicted octanol–water partition coefficient (Wildman–Crippen LogP) is 1.25. The van der Waals surface area contributed by atoms with Gasteiger partial charge in [-0.3, -0.25) is 9.59 Å². The normalized spacial score (nSPS) is 17.0. The van der Waals surface area contributed by atoms with E-state index in [0.29, 0.717) is 44.6 Å². The number of hydrogen-bond donors (Lipinski definition) is 6. The standard InChI is InChI=1S/C24H30N4O6/c1-15-20(28-24(34-15)16-7-2-3-9-18(16)29)23(33)27-14-6-12-25-11-5-13-26-22(32)17-8-4-10-19(30)21(17)31/h2-4,7-10,15,20,25,29-31H,5-6,11-14H2,1H3,(H,26,32)(H,27,33). The zero-order chi connectivity index (χ0) is 24.5. The number of carbonyl (C=O) groups is 2. The van der Waals surface area contributed by atoms with Gasteiger partial charge in [0.05, 0.1) is 11.1 Å². The lowest BCUT2D eigenvalue weighted by atomic mass is 10.1. The number of carbonyl (C=O) groups excluding carboxylic acids is 2. The molecule has 0 saturated carbocycles. The molecule has 1 heterocycles. The zero-order valence-electron chi connectivity index (χ0n) is 19.0. The predicted molar refractivity (Wildman–Crippen MR) is 126 cm³/mol. The van der Waals surface area contributed by atoms with Crippen LogP contribution < -0.4 is 16.0 Å². The third kappa shape index (κ3) is 6.38. The summed E-state index contributed by atoms with van der Waals surface area (Å²) in [6.45, 7) is 4.01. The molecular formula is C24H30N4O6. The Bertz CT molecular complexity index is 1040. The number of ether oxygens (including phenoxy) is 1. The molecule has 2 atom stereocenters. The van der Waals surface area contributed by atoms with E-state index in [2.05, 4.69) is 20.9 Å². The number of phenolic OH excluding ortho intramolecular Hbond substituents is 3. The number of hydrogen-bond acceptors (Lipinski definition) is 8. The van der Waals surface area contributed by atoms with Crippen LogP contribution in [0, 0.1) is 0 Å². The molecule has 0 radical (unpaired) electrons. The molecule has 182 valence electrons. The summed E-state index contributed by atoms with van der Waals surface area (Å²) in [5.74, 6) is -1.13. The van der Waals surface area contributed by atoms with Gasteiger partial charge < -0.3 is 36.0 Å². The van der Waals surface area contributed by atoms with E-state index >= 15 is 0 Å². The van der Waals surface area contributed by atoms with Crippen molar-refractivity contribution in [1.82, 2.24) is 16.0 Å². The first-order valence-electron chi connectivity index (χ1n) is 11.2. The van der Waals surface area contributed by atoms with Crippen LogP contribution in [-0.2, 0) is 9.53 Å². The van der Waals surface area contributed by atoms with Crippen LogP contribution in [0.3, 0.4) is 0 Å². The second-order valence-electron chi connectivity index (χ2n) is 7.90. The first-order valence-corrected chi connectivity index (χ1v) is 11.2. The van der Waals surface area contributed by atoms with Crippen LogP contribution in [0.15, 0.2) is 47.5 Å². The summed E-state index contributed by atoms with van der Waals surface area (Å²) in [4.78, 5) is 28.8. The number of phenols is 3. The minimum Gasteiger partial charge on any atom is -0.507 e. The molecule has 34 heavy (non-hydrogen) atoms. The quantitative estimate of drug-likeness (QED) is 0.214. The van der Waals surface area contributed by atoms with Gasteiger partial charge in [-0.25, -0.2) is 4.99 Å². The number of nitrogens with one attached hydrogen (secondary N) is 3. The SMILES string of the molecule is CC1OC(c2ccccc2O)=NC1C(=O)NCCCNCCCNC(=O)c1cccc(O)c1O. The van der Waals surface area contributed by atoms with E-state index in [0.717, 1.165) is 0 Å². The summed E-state index contributed by atoms with van der Waals surface area (Å²) in [6.07, 6.45) is 0.968. The molecule has 2 aromatic carbocycles. The van der Waals surface area contributed by atoms with E-state index in [4.69, 9.17) is 4.74 Å². The monoisotopic (exact) mass is 470 g/mol. The second kappa shape index (κ2) is 11.9. The molecule has 0 fully saturated rings. The van der Waals surface area contributed by atoms with Crippen molar-refractivity contribution >= 4 is 17.7 Å². The Labute approximate surface area is 197 Å². The Kier molecular flexibility index (Phi) is 8.69. The molecule has 0 spiro atoms. The molecule has 0 aromatic heterocycles. The summed E-state index contributed by atoms with van der Waals surface area (Å²) in [6, 6.07) is 10.3. The summed E-state index contributed by atoms with van der Waals surface area (Å²) in [5, 5.41) is 37.9. The highest BCUT2D eigenvalue weighted by Crippen LogP contribution is 2.28. The van der Waals surface area contributed by atoms with Crippen molar-refractivity contribution in [2.45, 2.75) is 31.9 Å². The molecule has 0 aliphatic carbocycles. The maximum absolute atomic E-state index is 12.5. The lowest BCUT2D eigenvalue weighted by Crippen LogP contribution is -2.39. The molecule has 1 aliphatic rings. The fourth-order valence-electron chi connectivity index (χ4n) is 3.44. The summed E-state index contributed by atoms with van der Waals surface area (Å²) in [7, 11) is 0. The van der Waals surface area contributed by atoms with E-state index < -0.39 is 23.8 Å². The van der Waals surface area contributed by atoms with Crippen LogP contribution in [0.2, 0.25) is 0 Å². The third-order valence-electron chi connectivity index (χ3n) is 5.31. The molecular weight excluding hydrogens is 440 g/mol. The molecule has 0 bridgehead atoms. The highest BCUT2D eigenvalue weighted by molar-refractivity contribution is 6.00. The highest BCUT2D eigenvalue weighted by Gasteiger charge is 2.34. The molecule has 10 nitrogen and oxygen atoms in total. The van der Waals surface area contributed by atoms with Gasteiger partial charge in [-0.05, 0) is 57.1 Å².